The van der Waals surface area contributed by atoms with Gasteiger partial charge in [0.2, 0.25) is 0 Å². The van der Waals surface area contributed by atoms with Crippen LogP contribution in [0.5, 0.6) is 0 Å². The largest absolute Gasteiger partial charge is 0.327 e. The molecule has 0 aromatic rings. The topological polar surface area (TPSA) is 26.0 Å². The molecule has 0 spiro atoms. The lowest BCUT2D eigenvalue weighted by molar-refractivity contribution is 1.18. The van der Waals surface area contributed by atoms with Gasteiger partial charge < -0.3 is 5.73 Å². The van der Waals surface area contributed by atoms with Crippen LogP contribution in [0.2, 0.25) is 0 Å². The molecule has 8 heavy (non-hydrogen) atoms. The third kappa shape index (κ3) is 2.59. The lowest BCUT2D eigenvalue weighted by Crippen LogP contribution is -1.99. The van der Waals surface area contributed by atoms with Gasteiger partial charge in [0.1, 0.15) is 0 Å². The lowest BCUT2D eigenvalue weighted by atomic mass is 10.2. The van der Waals surface area contributed by atoms with Gasteiger partial charge in [-0.15, -0.1) is 0 Å². The van der Waals surface area contributed by atoms with Crippen LogP contribution in [0, 0.1) is 0 Å². The van der Waals surface area contributed by atoms with E-state index in [4.69, 9.17) is 5.73 Å². The summed E-state index contributed by atoms with van der Waals surface area (Å²) in [5.74, 6) is 0. The fourth-order valence-electron chi connectivity index (χ4n) is 0.496. The van der Waals surface area contributed by atoms with Crippen LogP contribution >= 0.6 is 0 Å². The van der Waals surface area contributed by atoms with E-state index in [1.54, 1.807) is 0 Å². The maximum atomic E-state index is 5.35. The molecule has 0 unspecified atom stereocenters. The number of nitrogens with two attached hydrogens (primary N) is 1. The van der Waals surface area contributed by atoms with Crippen LogP contribution in [0.3, 0.4) is 0 Å². The number of hydrogen-bond acceptors (Lipinski definition) is 1. The Labute approximate surface area is 50.9 Å². The molecule has 0 bridgehead atoms. The predicted octanol–water partition coefficient (Wildman–Crippen LogP) is 1.47. The van der Waals surface area contributed by atoms with Gasteiger partial charge in [-0.2, -0.15) is 0 Å². The van der Waals surface area contributed by atoms with Gasteiger partial charge in [-0.25, -0.2) is 0 Å². The molecule has 1 nitrogen and oxygen atoms in total. The zero-order valence-corrected chi connectivity index (χ0v) is 5.52. The van der Waals surface area contributed by atoms with E-state index < -0.39 is 0 Å². The van der Waals surface area contributed by atoms with Gasteiger partial charge in [0.05, 0.1) is 0 Å². The summed E-state index contributed by atoms with van der Waals surface area (Å²) < 4.78 is 0. The van der Waals surface area contributed by atoms with Crippen LogP contribution in [-0.2, 0) is 0 Å². The first-order valence-corrected chi connectivity index (χ1v) is 2.83. The quantitative estimate of drug-likeness (QED) is 0.536. The van der Waals surface area contributed by atoms with Gasteiger partial charge >= 0.3 is 0 Å². The minimum atomic E-state index is 0.640. The van der Waals surface area contributed by atoms with Gasteiger partial charge in [0.15, 0.2) is 0 Å². The highest BCUT2D eigenvalue weighted by molar-refractivity contribution is 5.17. The second-order valence-corrected chi connectivity index (χ2v) is 1.57. The van der Waals surface area contributed by atoms with Crippen molar-refractivity contribution in [1.29, 1.82) is 0 Å². The summed E-state index contributed by atoms with van der Waals surface area (Å²) in [6, 6.07) is 0. The number of hydrogen-bond donors (Lipinski definition) is 1. The van der Waals surface area contributed by atoms with Gasteiger partial charge in [-0.1, -0.05) is 18.2 Å². The van der Waals surface area contributed by atoms with Gasteiger partial charge in [0, 0.05) is 6.54 Å². The van der Waals surface area contributed by atoms with E-state index in [0.717, 1.165) is 0 Å². The molecule has 0 saturated heterocycles. The molecular weight excluding hydrogens is 98.1 g/mol. The molecule has 0 fully saturated rings. The average Bonchev–Trinajstić information content (AvgIpc) is 1.83. The molecule has 0 aromatic heterocycles. The van der Waals surface area contributed by atoms with Crippen molar-refractivity contribution in [3.05, 3.63) is 23.8 Å². The molecule has 46 valence electrons. The maximum Gasteiger partial charge on any atom is 0.0174 e. The van der Waals surface area contributed by atoms with Crippen LogP contribution in [0.1, 0.15) is 13.8 Å². The third-order valence-electron chi connectivity index (χ3n) is 0.987. The molecule has 0 amide bonds. The summed E-state index contributed by atoms with van der Waals surface area (Å²) in [5, 5.41) is 0. The van der Waals surface area contributed by atoms with Crippen LogP contribution < -0.4 is 5.73 Å². The average molecular weight is 111 g/mol. The van der Waals surface area contributed by atoms with Crippen molar-refractivity contribution in [1.82, 2.24) is 0 Å². The van der Waals surface area contributed by atoms with Gasteiger partial charge in [-0.05, 0) is 19.4 Å². The molecule has 0 rings (SSSR count). The molecular formula is C7H13N. The molecule has 0 aliphatic carbocycles. The van der Waals surface area contributed by atoms with E-state index >= 15 is 0 Å². The van der Waals surface area contributed by atoms with Crippen molar-refractivity contribution >= 4 is 0 Å². The molecule has 0 aliphatic rings. The first-order chi connectivity index (χ1) is 3.85. The van der Waals surface area contributed by atoms with E-state index in [-0.39, 0.29) is 0 Å². The van der Waals surface area contributed by atoms with E-state index in [2.05, 4.69) is 0 Å². The summed E-state index contributed by atoms with van der Waals surface area (Å²) in [6.45, 7) is 4.61. The summed E-state index contributed by atoms with van der Waals surface area (Å²) in [5.41, 5.74) is 6.54. The van der Waals surface area contributed by atoms with Crippen molar-refractivity contribution in [2.75, 3.05) is 6.54 Å². The monoisotopic (exact) mass is 111 g/mol. The maximum absolute atomic E-state index is 5.35. The number of allylic oxidation sites excluding steroid dienone is 2. The Morgan fingerprint density at radius 2 is 2.12 bits per heavy atom. The van der Waals surface area contributed by atoms with Crippen molar-refractivity contribution in [3.8, 4) is 0 Å². The summed E-state index contributed by atoms with van der Waals surface area (Å²) in [7, 11) is 0. The van der Waals surface area contributed by atoms with Crippen molar-refractivity contribution in [3.63, 3.8) is 0 Å². The van der Waals surface area contributed by atoms with Gasteiger partial charge in [-0.3, -0.25) is 0 Å². The second kappa shape index (κ2) is 4.60. The highest BCUT2D eigenvalue weighted by Gasteiger charge is 1.79. The predicted molar refractivity (Wildman–Crippen MR) is 37.6 cm³/mol. The fourth-order valence-corrected chi connectivity index (χ4v) is 0.496. The van der Waals surface area contributed by atoms with E-state index in [0.29, 0.717) is 6.54 Å². The Balaban J connectivity index is 3.72. The minimum Gasteiger partial charge on any atom is -0.327 e. The Morgan fingerprint density at radius 1 is 1.50 bits per heavy atom. The first-order valence-electron chi connectivity index (χ1n) is 2.83. The van der Waals surface area contributed by atoms with Crippen LogP contribution in [0.25, 0.3) is 0 Å². The zero-order valence-electron chi connectivity index (χ0n) is 5.52. The molecule has 0 atom stereocenters. The number of rotatable bonds is 2. The Hall–Kier alpha value is -0.560. The highest BCUT2D eigenvalue weighted by atomic mass is 14.5. The molecule has 0 radical (unpaired) electrons. The molecule has 0 aromatic carbocycles. The lowest BCUT2D eigenvalue weighted by Gasteiger charge is -1.90. The Bertz CT molecular complexity index is 98.2. The summed E-state index contributed by atoms with van der Waals surface area (Å²) >= 11 is 0. The van der Waals surface area contributed by atoms with Crippen LogP contribution in [0.15, 0.2) is 23.8 Å². The zero-order chi connectivity index (χ0) is 6.41. The minimum absolute atomic E-state index is 0.640. The second-order valence-electron chi connectivity index (χ2n) is 1.57. The summed E-state index contributed by atoms with van der Waals surface area (Å²) in [4.78, 5) is 0. The van der Waals surface area contributed by atoms with Crippen LogP contribution in [-0.4, -0.2) is 6.54 Å². The standard InChI is InChI=1S/C7H13N/c1-3-5-7(4-2)6-8/h3-5H,6,8H2,1-2H3/b5-3-,7-4+. The summed E-state index contributed by atoms with van der Waals surface area (Å²) in [6.07, 6.45) is 6.02. The van der Waals surface area contributed by atoms with Gasteiger partial charge in [0.25, 0.3) is 0 Å². The third-order valence-corrected chi connectivity index (χ3v) is 0.987. The SMILES string of the molecule is C/C=C\C(=C/C)CN. The van der Waals surface area contributed by atoms with E-state index in [1.807, 2.05) is 32.1 Å². The Morgan fingerprint density at radius 3 is 2.25 bits per heavy atom. The molecule has 1 heteroatoms. The van der Waals surface area contributed by atoms with Crippen molar-refractivity contribution in [2.24, 2.45) is 5.73 Å². The Kier molecular flexibility index (Phi) is 4.27. The molecule has 0 heterocycles. The fraction of sp³-hybridized carbons (Fsp3) is 0.429. The molecule has 0 saturated carbocycles. The highest BCUT2D eigenvalue weighted by Crippen LogP contribution is 1.91. The first kappa shape index (κ1) is 7.44. The van der Waals surface area contributed by atoms with Crippen LogP contribution in [0.4, 0.5) is 0 Å². The van der Waals surface area contributed by atoms with E-state index in [9.17, 15) is 0 Å². The smallest absolute Gasteiger partial charge is 0.0174 e. The van der Waals surface area contributed by atoms with E-state index in [1.165, 1.54) is 5.57 Å². The van der Waals surface area contributed by atoms with Crippen molar-refractivity contribution in [2.45, 2.75) is 13.8 Å². The normalized spacial score (nSPS) is 13.1. The van der Waals surface area contributed by atoms with Crippen molar-refractivity contribution < 1.29 is 0 Å². The molecule has 0 aliphatic heterocycles. The molecule has 2 N–H and O–H groups in total.